The summed E-state index contributed by atoms with van der Waals surface area (Å²) >= 11 is 0. The summed E-state index contributed by atoms with van der Waals surface area (Å²) in [4.78, 5) is 11.6. The number of Topliss-reactive ketones (excluding diaryl/α,β-unsaturated/α-hetero) is 1. The second-order valence-electron chi connectivity index (χ2n) is 5.06. The summed E-state index contributed by atoms with van der Waals surface area (Å²) < 4.78 is 22.5. The molecule has 18 heavy (non-hydrogen) atoms. The Morgan fingerprint density at radius 2 is 2.06 bits per heavy atom. The number of ketones is 1. The lowest BCUT2D eigenvalue weighted by atomic mass is 9.98. The monoisotopic (exact) mass is 275 g/mol. The van der Waals surface area contributed by atoms with Gasteiger partial charge in [-0.25, -0.2) is 8.42 Å². The van der Waals surface area contributed by atoms with E-state index < -0.39 is 9.84 Å². The van der Waals surface area contributed by atoms with Crippen molar-refractivity contribution in [1.82, 2.24) is 5.32 Å². The van der Waals surface area contributed by atoms with Gasteiger partial charge in [0.15, 0.2) is 0 Å². The lowest BCUT2D eigenvalue weighted by Crippen LogP contribution is -2.34. The van der Waals surface area contributed by atoms with Gasteiger partial charge in [-0.2, -0.15) is 0 Å². The van der Waals surface area contributed by atoms with Crippen LogP contribution in [0, 0.1) is 0 Å². The Hall–Kier alpha value is -0.420. The Balaban J connectivity index is 2.10. The van der Waals surface area contributed by atoms with Crippen LogP contribution in [0.2, 0.25) is 0 Å². The molecular formula is C13H25NO3S. The van der Waals surface area contributed by atoms with Gasteiger partial charge in [0.1, 0.15) is 15.6 Å². The Morgan fingerprint density at radius 3 is 2.67 bits per heavy atom. The predicted octanol–water partition coefficient (Wildman–Crippen LogP) is 1.69. The molecule has 1 heterocycles. The first kappa shape index (κ1) is 15.6. The summed E-state index contributed by atoms with van der Waals surface area (Å²) in [6, 6.07) is 0.488. The zero-order valence-electron chi connectivity index (χ0n) is 11.3. The van der Waals surface area contributed by atoms with Crippen LogP contribution in [0.3, 0.4) is 0 Å². The first-order chi connectivity index (χ1) is 8.53. The van der Waals surface area contributed by atoms with Crippen molar-refractivity contribution in [3.63, 3.8) is 0 Å². The van der Waals surface area contributed by atoms with E-state index in [0.29, 0.717) is 25.3 Å². The molecule has 1 fully saturated rings. The summed E-state index contributed by atoms with van der Waals surface area (Å²) in [7, 11) is -2.92. The van der Waals surface area contributed by atoms with Crippen LogP contribution in [0.15, 0.2) is 0 Å². The van der Waals surface area contributed by atoms with Crippen molar-refractivity contribution in [3.05, 3.63) is 0 Å². The minimum atomic E-state index is -2.92. The van der Waals surface area contributed by atoms with E-state index in [9.17, 15) is 13.2 Å². The second-order valence-corrected chi connectivity index (χ2v) is 7.54. The van der Waals surface area contributed by atoms with E-state index in [1.807, 2.05) is 0 Å². The van der Waals surface area contributed by atoms with Crippen molar-refractivity contribution in [1.29, 1.82) is 0 Å². The fourth-order valence-corrected chi connectivity index (χ4v) is 3.14. The molecule has 106 valence electrons. The molecule has 5 heteroatoms. The molecular weight excluding hydrogens is 250 g/mol. The van der Waals surface area contributed by atoms with Gasteiger partial charge in [0.2, 0.25) is 0 Å². The van der Waals surface area contributed by atoms with Crippen LogP contribution in [0.1, 0.15) is 51.9 Å². The first-order valence-corrected chi connectivity index (χ1v) is 8.81. The van der Waals surface area contributed by atoms with E-state index >= 15 is 0 Å². The summed E-state index contributed by atoms with van der Waals surface area (Å²) in [6.07, 6.45) is 6.03. The topological polar surface area (TPSA) is 63.2 Å². The van der Waals surface area contributed by atoms with Crippen molar-refractivity contribution in [2.24, 2.45) is 0 Å². The molecule has 0 amide bonds. The Kier molecular flexibility index (Phi) is 6.86. The van der Waals surface area contributed by atoms with E-state index in [0.717, 1.165) is 19.4 Å². The molecule has 1 aliphatic rings. The number of carbonyl (C=O) groups is 1. The fraction of sp³-hybridized carbons (Fsp3) is 0.923. The van der Waals surface area contributed by atoms with Gasteiger partial charge in [-0.05, 0) is 32.2 Å². The third-order valence-corrected chi connectivity index (χ3v) is 5.33. The van der Waals surface area contributed by atoms with Crippen LogP contribution in [0.25, 0.3) is 0 Å². The van der Waals surface area contributed by atoms with E-state index in [1.54, 1.807) is 6.92 Å². The van der Waals surface area contributed by atoms with E-state index in [4.69, 9.17) is 0 Å². The highest BCUT2D eigenvalue weighted by Crippen LogP contribution is 2.13. The predicted molar refractivity (Wildman–Crippen MR) is 73.4 cm³/mol. The molecule has 0 aliphatic carbocycles. The highest BCUT2D eigenvalue weighted by atomic mass is 32.2. The molecule has 4 nitrogen and oxygen atoms in total. The van der Waals surface area contributed by atoms with Crippen molar-refractivity contribution in [3.8, 4) is 0 Å². The van der Waals surface area contributed by atoms with Crippen LogP contribution in [-0.2, 0) is 14.6 Å². The minimum absolute atomic E-state index is 0.150. The van der Waals surface area contributed by atoms with Crippen LogP contribution in [0.4, 0.5) is 0 Å². The third kappa shape index (κ3) is 6.50. The molecule has 1 saturated heterocycles. The Bertz CT molecular complexity index is 345. The van der Waals surface area contributed by atoms with Gasteiger partial charge in [-0.1, -0.05) is 13.3 Å². The second kappa shape index (κ2) is 7.89. The smallest absolute Gasteiger partial charge is 0.150 e. The molecule has 0 spiro atoms. The molecule has 0 aromatic heterocycles. The van der Waals surface area contributed by atoms with Gasteiger partial charge in [0.05, 0.1) is 5.75 Å². The zero-order chi connectivity index (χ0) is 13.4. The first-order valence-electron chi connectivity index (χ1n) is 6.99. The van der Waals surface area contributed by atoms with Crippen LogP contribution in [0.5, 0.6) is 0 Å². The number of piperidine rings is 1. The van der Waals surface area contributed by atoms with Gasteiger partial charge in [-0.15, -0.1) is 0 Å². The van der Waals surface area contributed by atoms with Gasteiger partial charge < -0.3 is 5.32 Å². The Labute approximate surface area is 110 Å². The maximum Gasteiger partial charge on any atom is 0.150 e. The highest BCUT2D eigenvalue weighted by Gasteiger charge is 2.14. The molecule has 1 aliphatic heterocycles. The van der Waals surface area contributed by atoms with E-state index in [2.05, 4.69) is 5.32 Å². The minimum Gasteiger partial charge on any atom is -0.314 e. The van der Waals surface area contributed by atoms with Crippen LogP contribution < -0.4 is 5.32 Å². The maximum atomic E-state index is 11.6. The van der Waals surface area contributed by atoms with Crippen molar-refractivity contribution in [2.45, 2.75) is 57.9 Å². The maximum absolute atomic E-state index is 11.6. The normalized spacial score (nSPS) is 20.8. The molecule has 0 aromatic carbocycles. The quantitative estimate of drug-likeness (QED) is 0.732. The zero-order valence-corrected chi connectivity index (χ0v) is 12.1. The number of hydrogen-bond donors (Lipinski definition) is 1. The average Bonchev–Trinajstić information content (AvgIpc) is 2.37. The van der Waals surface area contributed by atoms with Gasteiger partial charge >= 0.3 is 0 Å². The Morgan fingerprint density at radius 1 is 1.28 bits per heavy atom. The molecule has 0 radical (unpaired) electrons. The summed E-state index contributed by atoms with van der Waals surface area (Å²) in [6.45, 7) is 2.71. The number of sulfone groups is 1. The molecule has 1 N–H and O–H groups in total. The van der Waals surface area contributed by atoms with E-state index in [1.165, 1.54) is 12.8 Å². The standard InChI is InChI=1S/C13H25NO3S/c1-2-18(16,17)11-5-7-13(15)9-8-12-6-3-4-10-14-12/h12,14H,2-11H2,1H3. The lowest BCUT2D eigenvalue weighted by molar-refractivity contribution is -0.119. The lowest BCUT2D eigenvalue weighted by Gasteiger charge is -2.22. The van der Waals surface area contributed by atoms with Crippen molar-refractivity contribution in [2.75, 3.05) is 18.1 Å². The number of nitrogens with one attached hydrogen (secondary N) is 1. The van der Waals surface area contributed by atoms with Gasteiger partial charge in [0.25, 0.3) is 0 Å². The molecule has 1 unspecified atom stereocenters. The van der Waals surface area contributed by atoms with Gasteiger partial charge in [0, 0.05) is 24.6 Å². The van der Waals surface area contributed by atoms with Crippen molar-refractivity contribution >= 4 is 15.6 Å². The summed E-state index contributed by atoms with van der Waals surface area (Å²) in [5.74, 6) is 0.526. The van der Waals surface area contributed by atoms with E-state index in [-0.39, 0.29) is 17.3 Å². The average molecular weight is 275 g/mol. The molecule has 0 saturated carbocycles. The molecule has 0 aromatic rings. The molecule has 0 bridgehead atoms. The fourth-order valence-electron chi connectivity index (χ4n) is 2.26. The summed E-state index contributed by atoms with van der Waals surface area (Å²) in [5, 5.41) is 3.42. The SMILES string of the molecule is CCS(=O)(=O)CCCC(=O)CCC1CCCCN1. The number of carbonyl (C=O) groups excluding carboxylic acids is 1. The number of rotatable bonds is 8. The highest BCUT2D eigenvalue weighted by molar-refractivity contribution is 7.91. The van der Waals surface area contributed by atoms with Gasteiger partial charge in [-0.3, -0.25) is 4.79 Å². The third-order valence-electron chi connectivity index (χ3n) is 3.53. The number of hydrogen-bond acceptors (Lipinski definition) is 4. The van der Waals surface area contributed by atoms with Crippen molar-refractivity contribution < 1.29 is 13.2 Å². The summed E-state index contributed by atoms with van der Waals surface area (Å²) in [5.41, 5.74) is 0. The largest absolute Gasteiger partial charge is 0.314 e. The van der Waals surface area contributed by atoms with Crippen LogP contribution >= 0.6 is 0 Å². The molecule has 1 rings (SSSR count). The van der Waals surface area contributed by atoms with Crippen LogP contribution in [-0.4, -0.2) is 38.3 Å². The molecule has 1 atom stereocenters.